The highest BCUT2D eigenvalue weighted by atomic mass is 15.3. The highest BCUT2D eigenvalue weighted by Crippen LogP contribution is 2.23. The molecule has 3 heterocycles. The van der Waals surface area contributed by atoms with Gasteiger partial charge in [0.2, 0.25) is 0 Å². The molecule has 0 aliphatic rings. The van der Waals surface area contributed by atoms with Crippen LogP contribution in [0, 0.1) is 0 Å². The zero-order valence-corrected chi connectivity index (χ0v) is 13.1. The van der Waals surface area contributed by atoms with Gasteiger partial charge >= 0.3 is 0 Å². The van der Waals surface area contributed by atoms with Gasteiger partial charge in [-0.1, -0.05) is 18.2 Å². The Bertz CT molecular complexity index is 1120. The van der Waals surface area contributed by atoms with Gasteiger partial charge in [0.05, 0.1) is 17.6 Å². The Kier molecular flexibility index (Phi) is 2.96. The van der Waals surface area contributed by atoms with Crippen molar-refractivity contribution in [1.82, 2.24) is 34.5 Å². The average molecular weight is 327 g/mol. The van der Waals surface area contributed by atoms with E-state index in [0.29, 0.717) is 0 Å². The molecule has 0 aliphatic carbocycles. The lowest BCUT2D eigenvalue weighted by molar-refractivity contribution is 0.879. The highest BCUT2D eigenvalue weighted by molar-refractivity contribution is 5.77. The minimum absolute atomic E-state index is 0.807. The van der Waals surface area contributed by atoms with Gasteiger partial charge in [0.1, 0.15) is 24.0 Å². The number of H-pyrrole nitrogens is 1. The largest absolute Gasteiger partial charge is 0.335 e. The van der Waals surface area contributed by atoms with Gasteiger partial charge in [-0.15, -0.1) is 0 Å². The third kappa shape index (κ3) is 2.29. The summed E-state index contributed by atoms with van der Waals surface area (Å²) in [6, 6.07) is 18.0. The fourth-order valence-corrected chi connectivity index (χ4v) is 2.81. The third-order valence-corrected chi connectivity index (χ3v) is 4.04. The molecule has 0 aliphatic heterocycles. The van der Waals surface area contributed by atoms with Gasteiger partial charge in [0.15, 0.2) is 5.65 Å². The number of hydrogen-bond donors (Lipinski definition) is 1. The van der Waals surface area contributed by atoms with E-state index in [9.17, 15) is 0 Å². The number of imidazole rings is 1. The lowest BCUT2D eigenvalue weighted by Gasteiger charge is -2.02. The molecule has 7 nitrogen and oxygen atoms in total. The van der Waals surface area contributed by atoms with Gasteiger partial charge in [-0.3, -0.25) is 0 Å². The zero-order valence-electron chi connectivity index (χ0n) is 13.1. The Labute approximate surface area is 142 Å². The minimum Gasteiger partial charge on any atom is -0.335 e. The summed E-state index contributed by atoms with van der Waals surface area (Å²) in [7, 11) is 0. The molecule has 25 heavy (non-hydrogen) atoms. The van der Waals surface area contributed by atoms with Crippen LogP contribution in [-0.2, 0) is 0 Å². The summed E-state index contributed by atoms with van der Waals surface area (Å²) >= 11 is 0. The average Bonchev–Trinajstić information content (AvgIpc) is 3.39. The molecule has 120 valence electrons. The van der Waals surface area contributed by atoms with E-state index >= 15 is 0 Å². The molecule has 0 atom stereocenters. The third-order valence-electron chi connectivity index (χ3n) is 4.04. The van der Waals surface area contributed by atoms with Gasteiger partial charge in [0, 0.05) is 5.56 Å². The summed E-state index contributed by atoms with van der Waals surface area (Å²) in [6.45, 7) is 0. The summed E-state index contributed by atoms with van der Waals surface area (Å²) < 4.78 is 3.55. The van der Waals surface area contributed by atoms with Crippen molar-refractivity contribution < 1.29 is 0 Å². The van der Waals surface area contributed by atoms with Crippen molar-refractivity contribution in [3.8, 4) is 22.8 Å². The number of aromatic amines is 1. The second kappa shape index (κ2) is 5.41. The van der Waals surface area contributed by atoms with Gasteiger partial charge < -0.3 is 4.98 Å². The second-order valence-corrected chi connectivity index (χ2v) is 5.60. The van der Waals surface area contributed by atoms with Gasteiger partial charge in [-0.2, -0.15) is 10.2 Å². The molecule has 2 aromatic carbocycles. The van der Waals surface area contributed by atoms with E-state index in [1.807, 2.05) is 59.3 Å². The summed E-state index contributed by atoms with van der Waals surface area (Å²) in [5, 5.41) is 8.54. The van der Waals surface area contributed by atoms with E-state index in [4.69, 9.17) is 4.98 Å². The van der Waals surface area contributed by atoms with Crippen molar-refractivity contribution in [2.75, 3.05) is 0 Å². The van der Waals surface area contributed by atoms with Gasteiger partial charge in [-0.25, -0.2) is 19.3 Å². The van der Waals surface area contributed by atoms with Crippen molar-refractivity contribution in [3.05, 3.63) is 73.4 Å². The standard InChI is InChI=1S/C18H13N7/c1-2-4-15(5-3-1)25-18-16(10-20-25)22-17(23-18)13-6-8-14(9-7-13)24-12-19-11-21-24/h1-12H,(H,22,23). The fraction of sp³-hybridized carbons (Fsp3) is 0. The zero-order chi connectivity index (χ0) is 16.6. The van der Waals surface area contributed by atoms with Crippen LogP contribution in [0.15, 0.2) is 73.4 Å². The maximum Gasteiger partial charge on any atom is 0.181 e. The summed E-state index contributed by atoms with van der Waals surface area (Å²) in [4.78, 5) is 12.0. The van der Waals surface area contributed by atoms with Crippen molar-refractivity contribution >= 4 is 11.2 Å². The summed E-state index contributed by atoms with van der Waals surface area (Å²) in [5.74, 6) is 0.808. The van der Waals surface area contributed by atoms with E-state index in [2.05, 4.69) is 20.2 Å². The van der Waals surface area contributed by atoms with Crippen LogP contribution in [0.2, 0.25) is 0 Å². The van der Waals surface area contributed by atoms with E-state index in [-0.39, 0.29) is 0 Å². The second-order valence-electron chi connectivity index (χ2n) is 5.60. The highest BCUT2D eigenvalue weighted by Gasteiger charge is 2.11. The number of benzene rings is 2. The molecule has 3 aromatic heterocycles. The number of rotatable bonds is 3. The first-order chi connectivity index (χ1) is 12.4. The Morgan fingerprint density at radius 1 is 0.840 bits per heavy atom. The molecule has 0 radical (unpaired) electrons. The van der Waals surface area contributed by atoms with Crippen LogP contribution in [-0.4, -0.2) is 34.5 Å². The number of nitrogens with one attached hydrogen (secondary N) is 1. The van der Waals surface area contributed by atoms with Crippen molar-refractivity contribution in [2.24, 2.45) is 0 Å². The first-order valence-electron chi connectivity index (χ1n) is 7.83. The SMILES string of the molecule is c1ccc(-n2ncc3[nH]c(-c4ccc(-n5cncn5)cc4)nc32)cc1. The van der Waals surface area contributed by atoms with Crippen LogP contribution in [0.3, 0.4) is 0 Å². The van der Waals surface area contributed by atoms with E-state index in [0.717, 1.165) is 33.9 Å². The van der Waals surface area contributed by atoms with E-state index < -0.39 is 0 Å². The minimum atomic E-state index is 0.807. The molecule has 1 N–H and O–H groups in total. The lowest BCUT2D eigenvalue weighted by Crippen LogP contribution is -1.96. The Morgan fingerprint density at radius 2 is 1.68 bits per heavy atom. The molecule has 0 unspecified atom stereocenters. The fourth-order valence-electron chi connectivity index (χ4n) is 2.81. The van der Waals surface area contributed by atoms with E-state index in [1.54, 1.807) is 17.2 Å². The molecule has 0 saturated carbocycles. The van der Waals surface area contributed by atoms with Crippen LogP contribution in [0.5, 0.6) is 0 Å². The number of para-hydroxylation sites is 1. The predicted octanol–water partition coefficient (Wildman–Crippen LogP) is 3.00. The molecule has 5 aromatic rings. The molecular formula is C18H13N7. The summed E-state index contributed by atoms with van der Waals surface area (Å²) in [5.41, 5.74) is 4.64. The number of fused-ring (bicyclic) bond motifs is 1. The Morgan fingerprint density at radius 3 is 2.44 bits per heavy atom. The Hall–Kier alpha value is -3.74. The number of aromatic nitrogens is 7. The number of nitrogens with zero attached hydrogens (tertiary/aromatic N) is 6. The van der Waals surface area contributed by atoms with Crippen molar-refractivity contribution in [1.29, 1.82) is 0 Å². The smallest absolute Gasteiger partial charge is 0.181 e. The van der Waals surface area contributed by atoms with Crippen molar-refractivity contribution in [3.63, 3.8) is 0 Å². The topological polar surface area (TPSA) is 77.2 Å². The normalized spacial score (nSPS) is 11.2. The quantitative estimate of drug-likeness (QED) is 0.552. The molecule has 0 amide bonds. The van der Waals surface area contributed by atoms with Gasteiger partial charge in [-0.05, 0) is 36.4 Å². The maximum absolute atomic E-state index is 4.72. The first kappa shape index (κ1) is 13.7. The Balaban J connectivity index is 1.54. The van der Waals surface area contributed by atoms with Crippen LogP contribution in [0.1, 0.15) is 0 Å². The molecular weight excluding hydrogens is 314 g/mol. The van der Waals surface area contributed by atoms with Crippen molar-refractivity contribution in [2.45, 2.75) is 0 Å². The summed E-state index contributed by atoms with van der Waals surface area (Å²) in [6.07, 6.45) is 4.98. The molecule has 0 fully saturated rings. The predicted molar refractivity (Wildman–Crippen MR) is 93.6 cm³/mol. The molecule has 7 heteroatoms. The van der Waals surface area contributed by atoms with E-state index in [1.165, 1.54) is 6.33 Å². The van der Waals surface area contributed by atoms with Gasteiger partial charge in [0.25, 0.3) is 0 Å². The maximum atomic E-state index is 4.72. The first-order valence-corrected chi connectivity index (χ1v) is 7.83. The van der Waals surface area contributed by atoms with Crippen LogP contribution in [0.25, 0.3) is 33.9 Å². The van der Waals surface area contributed by atoms with Crippen LogP contribution < -0.4 is 0 Å². The lowest BCUT2D eigenvalue weighted by atomic mass is 10.2. The van der Waals surface area contributed by atoms with Crippen LogP contribution >= 0.6 is 0 Å². The molecule has 0 bridgehead atoms. The monoisotopic (exact) mass is 327 g/mol. The molecule has 0 spiro atoms. The molecule has 5 rings (SSSR count). The molecule has 0 saturated heterocycles. The number of hydrogen-bond acceptors (Lipinski definition) is 4. The van der Waals surface area contributed by atoms with Crippen LogP contribution in [0.4, 0.5) is 0 Å².